The lowest BCUT2D eigenvalue weighted by atomic mass is 10.1. The quantitative estimate of drug-likeness (QED) is 0.872. The first-order valence-corrected chi connectivity index (χ1v) is 7.61. The first kappa shape index (κ1) is 17.6. The van der Waals surface area contributed by atoms with Crippen LogP contribution in [0.1, 0.15) is 24.8 Å². The van der Waals surface area contributed by atoms with Gasteiger partial charge in [0.15, 0.2) is 0 Å². The SMILES string of the molecule is COc1ccccc1CNC(=O)[C@H]1CCCN1CCC(F)(F)F. The first-order valence-electron chi connectivity index (χ1n) is 7.61. The zero-order chi connectivity index (χ0) is 16.9. The Balaban J connectivity index is 1.89. The number of para-hydroxylation sites is 1. The summed E-state index contributed by atoms with van der Waals surface area (Å²) in [4.78, 5) is 13.9. The van der Waals surface area contributed by atoms with Gasteiger partial charge in [0, 0.05) is 18.7 Å². The molecule has 1 fully saturated rings. The molecule has 0 aromatic heterocycles. The van der Waals surface area contributed by atoms with Crippen molar-refractivity contribution in [2.75, 3.05) is 20.2 Å². The minimum atomic E-state index is -4.19. The van der Waals surface area contributed by atoms with Gasteiger partial charge >= 0.3 is 6.18 Å². The number of benzene rings is 1. The fraction of sp³-hybridized carbons (Fsp3) is 0.562. The molecule has 1 atom stereocenters. The molecule has 1 saturated heterocycles. The molecule has 0 aliphatic carbocycles. The molecule has 0 bridgehead atoms. The van der Waals surface area contributed by atoms with Gasteiger partial charge in [0.2, 0.25) is 5.91 Å². The fourth-order valence-corrected chi connectivity index (χ4v) is 2.81. The second-order valence-electron chi connectivity index (χ2n) is 5.59. The maximum absolute atomic E-state index is 12.3. The number of alkyl halides is 3. The summed E-state index contributed by atoms with van der Waals surface area (Å²) in [5, 5.41) is 2.80. The highest BCUT2D eigenvalue weighted by Crippen LogP contribution is 2.24. The second-order valence-corrected chi connectivity index (χ2v) is 5.59. The van der Waals surface area contributed by atoms with E-state index in [9.17, 15) is 18.0 Å². The Morgan fingerprint density at radius 1 is 1.39 bits per heavy atom. The lowest BCUT2D eigenvalue weighted by molar-refractivity contribution is -0.141. The van der Waals surface area contributed by atoms with Crippen LogP contribution in [0.3, 0.4) is 0 Å². The van der Waals surface area contributed by atoms with Crippen LogP contribution in [-0.2, 0) is 11.3 Å². The Morgan fingerprint density at radius 3 is 2.83 bits per heavy atom. The van der Waals surface area contributed by atoms with E-state index < -0.39 is 18.6 Å². The topological polar surface area (TPSA) is 41.6 Å². The van der Waals surface area contributed by atoms with Crippen LogP contribution in [0.4, 0.5) is 13.2 Å². The number of halogens is 3. The van der Waals surface area contributed by atoms with Crippen molar-refractivity contribution in [2.45, 2.75) is 38.0 Å². The van der Waals surface area contributed by atoms with Crippen molar-refractivity contribution in [2.24, 2.45) is 0 Å². The first-order chi connectivity index (χ1) is 10.9. The number of nitrogens with one attached hydrogen (secondary N) is 1. The number of methoxy groups -OCH3 is 1. The molecule has 128 valence electrons. The summed E-state index contributed by atoms with van der Waals surface area (Å²) in [5.41, 5.74) is 0.836. The summed E-state index contributed by atoms with van der Waals surface area (Å²) in [5.74, 6) is 0.448. The molecule has 0 spiro atoms. The number of carbonyl (C=O) groups is 1. The number of hydrogen-bond donors (Lipinski definition) is 1. The van der Waals surface area contributed by atoms with Gasteiger partial charge in [-0.15, -0.1) is 0 Å². The largest absolute Gasteiger partial charge is 0.496 e. The van der Waals surface area contributed by atoms with Gasteiger partial charge in [-0.05, 0) is 25.5 Å². The smallest absolute Gasteiger partial charge is 0.390 e. The van der Waals surface area contributed by atoms with Crippen molar-refractivity contribution in [1.29, 1.82) is 0 Å². The van der Waals surface area contributed by atoms with Crippen LogP contribution in [0.5, 0.6) is 5.75 Å². The molecule has 4 nitrogen and oxygen atoms in total. The van der Waals surface area contributed by atoms with E-state index in [0.29, 0.717) is 25.3 Å². The van der Waals surface area contributed by atoms with Gasteiger partial charge in [0.1, 0.15) is 5.75 Å². The Hall–Kier alpha value is -1.76. The highest BCUT2D eigenvalue weighted by atomic mass is 19.4. The van der Waals surface area contributed by atoms with Gasteiger partial charge in [-0.2, -0.15) is 13.2 Å². The summed E-state index contributed by atoms with van der Waals surface area (Å²) in [6, 6.07) is 6.84. The fourth-order valence-electron chi connectivity index (χ4n) is 2.81. The number of amides is 1. The average Bonchev–Trinajstić information content (AvgIpc) is 2.99. The van der Waals surface area contributed by atoms with Gasteiger partial charge in [0.25, 0.3) is 0 Å². The summed E-state index contributed by atoms with van der Waals surface area (Å²) in [6.45, 7) is 0.700. The molecule has 1 N–H and O–H groups in total. The maximum Gasteiger partial charge on any atom is 0.390 e. The lowest BCUT2D eigenvalue weighted by Gasteiger charge is -2.24. The summed E-state index contributed by atoms with van der Waals surface area (Å²) >= 11 is 0. The van der Waals surface area contributed by atoms with Crippen LogP contribution in [0.15, 0.2) is 24.3 Å². The van der Waals surface area contributed by atoms with E-state index in [2.05, 4.69) is 5.32 Å². The summed E-state index contributed by atoms with van der Waals surface area (Å²) in [7, 11) is 1.55. The van der Waals surface area contributed by atoms with E-state index in [1.54, 1.807) is 18.1 Å². The van der Waals surface area contributed by atoms with E-state index in [1.807, 2.05) is 18.2 Å². The number of hydrogen-bond acceptors (Lipinski definition) is 3. The molecule has 0 unspecified atom stereocenters. The van der Waals surface area contributed by atoms with Gasteiger partial charge in [-0.3, -0.25) is 9.69 Å². The number of likely N-dealkylation sites (tertiary alicyclic amines) is 1. The van der Waals surface area contributed by atoms with E-state index in [1.165, 1.54) is 0 Å². The Kier molecular flexibility index (Phi) is 5.87. The molecule has 1 aromatic rings. The van der Waals surface area contributed by atoms with Crippen molar-refractivity contribution in [3.05, 3.63) is 29.8 Å². The molecule has 1 heterocycles. The molecular formula is C16H21F3N2O2. The summed E-state index contributed by atoms with van der Waals surface area (Å²) in [6.07, 6.45) is -3.75. The third-order valence-electron chi connectivity index (χ3n) is 3.99. The maximum atomic E-state index is 12.3. The van der Waals surface area contributed by atoms with Gasteiger partial charge in [-0.1, -0.05) is 18.2 Å². The van der Waals surface area contributed by atoms with Gasteiger partial charge in [-0.25, -0.2) is 0 Å². The van der Waals surface area contributed by atoms with Crippen molar-refractivity contribution < 1.29 is 22.7 Å². The van der Waals surface area contributed by atoms with Crippen LogP contribution in [0.2, 0.25) is 0 Å². The lowest BCUT2D eigenvalue weighted by Crippen LogP contribution is -2.44. The van der Waals surface area contributed by atoms with Crippen molar-refractivity contribution >= 4 is 5.91 Å². The van der Waals surface area contributed by atoms with Crippen LogP contribution >= 0.6 is 0 Å². The van der Waals surface area contributed by atoms with Crippen molar-refractivity contribution in [3.8, 4) is 5.75 Å². The highest BCUT2D eigenvalue weighted by molar-refractivity contribution is 5.82. The molecule has 1 aliphatic heterocycles. The molecule has 0 radical (unpaired) electrons. The number of nitrogens with zero attached hydrogens (tertiary/aromatic N) is 1. The van der Waals surface area contributed by atoms with E-state index in [4.69, 9.17) is 4.74 Å². The molecule has 23 heavy (non-hydrogen) atoms. The normalized spacial score (nSPS) is 18.9. The molecule has 1 amide bonds. The predicted octanol–water partition coefficient (Wildman–Crippen LogP) is 2.73. The molecule has 0 saturated carbocycles. The summed E-state index contributed by atoms with van der Waals surface area (Å²) < 4.78 is 42.3. The van der Waals surface area contributed by atoms with Crippen LogP contribution in [-0.4, -0.2) is 43.2 Å². The minimum Gasteiger partial charge on any atom is -0.496 e. The third kappa shape index (κ3) is 5.13. The van der Waals surface area contributed by atoms with E-state index >= 15 is 0 Å². The van der Waals surface area contributed by atoms with Gasteiger partial charge in [0.05, 0.1) is 19.6 Å². The monoisotopic (exact) mass is 330 g/mol. The molecule has 2 rings (SSSR count). The molecule has 1 aromatic carbocycles. The van der Waals surface area contributed by atoms with Crippen LogP contribution in [0.25, 0.3) is 0 Å². The van der Waals surface area contributed by atoms with E-state index in [-0.39, 0.29) is 12.5 Å². The molecule has 1 aliphatic rings. The third-order valence-corrected chi connectivity index (χ3v) is 3.99. The van der Waals surface area contributed by atoms with Crippen LogP contribution < -0.4 is 10.1 Å². The second kappa shape index (κ2) is 7.68. The Labute approximate surface area is 133 Å². The predicted molar refractivity (Wildman–Crippen MR) is 80.1 cm³/mol. The zero-order valence-corrected chi connectivity index (χ0v) is 13.0. The Bertz CT molecular complexity index is 534. The highest BCUT2D eigenvalue weighted by Gasteiger charge is 2.34. The zero-order valence-electron chi connectivity index (χ0n) is 13.0. The average molecular weight is 330 g/mol. The standard InChI is InChI=1S/C16H21F3N2O2/c1-23-14-7-3-2-5-12(14)11-20-15(22)13-6-4-9-21(13)10-8-16(17,18)19/h2-3,5,7,13H,4,6,8-11H2,1H3,(H,20,22)/t13-/m1/s1. The number of ether oxygens (including phenoxy) is 1. The van der Waals surface area contributed by atoms with Crippen molar-refractivity contribution in [3.63, 3.8) is 0 Å². The van der Waals surface area contributed by atoms with E-state index in [0.717, 1.165) is 12.0 Å². The number of carbonyl (C=O) groups excluding carboxylic acids is 1. The number of rotatable bonds is 6. The van der Waals surface area contributed by atoms with Crippen LogP contribution in [0, 0.1) is 0 Å². The molecular weight excluding hydrogens is 309 g/mol. The minimum absolute atomic E-state index is 0.129. The van der Waals surface area contributed by atoms with Crippen molar-refractivity contribution in [1.82, 2.24) is 10.2 Å². The van der Waals surface area contributed by atoms with Gasteiger partial charge < -0.3 is 10.1 Å². The molecule has 7 heteroatoms. The Morgan fingerprint density at radius 2 is 2.13 bits per heavy atom.